The van der Waals surface area contributed by atoms with E-state index in [1.807, 2.05) is 76.2 Å². The number of rotatable bonds is 11. The van der Waals surface area contributed by atoms with Crippen molar-refractivity contribution in [2.45, 2.75) is 213 Å². The van der Waals surface area contributed by atoms with E-state index in [4.69, 9.17) is 77.3 Å². The van der Waals surface area contributed by atoms with Gasteiger partial charge in [0, 0.05) is 38.6 Å². The number of halogens is 5. The summed E-state index contributed by atoms with van der Waals surface area (Å²) in [5.41, 5.74) is -1.44. The number of nitrogens with zero attached hydrogens (tertiary/aromatic N) is 9. The highest BCUT2D eigenvalue weighted by Crippen LogP contribution is 2.36. The van der Waals surface area contributed by atoms with Gasteiger partial charge in [0.2, 0.25) is 5.91 Å². The van der Waals surface area contributed by atoms with Crippen LogP contribution in [0.2, 0.25) is 25.8 Å². The van der Waals surface area contributed by atoms with Gasteiger partial charge in [-0.1, -0.05) is 85.7 Å². The highest BCUT2D eigenvalue weighted by atomic mass is 35.5. The molecule has 5 saturated heterocycles. The van der Waals surface area contributed by atoms with Gasteiger partial charge in [-0.25, -0.2) is 53.7 Å². The molecular formula is C64H98Cl5N17O13. The normalized spacial score (nSPS) is 19.5. The molecule has 99 heavy (non-hydrogen) atoms. The second kappa shape index (κ2) is 38.0. The van der Waals surface area contributed by atoms with Crippen molar-refractivity contribution in [3.63, 3.8) is 0 Å². The Hall–Kier alpha value is -7.25. The summed E-state index contributed by atoms with van der Waals surface area (Å²) in [5.74, 6) is 2.42. The molecule has 5 aromatic heterocycles. The number of hydrogen-bond acceptors (Lipinski definition) is 18. The standard InChI is InChI=1S/C14H21ClN4O3.C12H17Cl2N3O2.C12H18ClN3O2.C12H19N3O2.C7H10ClN3.C7H13NO4/c1-8(2)11(18-14(21)22-3)13(20)19-6-4-5-9(19)12-16-7-10(15)17-12;1-12(2,3)19-11(18)17-6-4-5-7(17)10-15-8(13)9(14)16-10;1-12(2,3)18-11(17)16-6-4-5-8(16)10-14-7-9(13)15-10;1-12(2,3)17-11(16)15-8-4-5-9(15)10-13-6-7-14-10;8-6-4-10-7(11-6)5-2-1-3-9-5;1-4(2)5(6(9)10)8-7(11)12-3/h7-9,11H,4-6H2,1-3H3,(H,16,17)(H,18,21);7H,4-6H2,1-3H3,(H,15,16);7-8H,4-6H2,1-3H3,(H,14,15);6-7,9H,4-5,8H2,1-3H3,(H,13,14);4-5,9H,1-3H2,(H,10,11);4-5H,1-3H3,(H,8,11)(H,9,10)/t9-,11-;7-;8-;9-;2*5-/m000000/s1. The van der Waals surface area contributed by atoms with E-state index in [9.17, 15) is 33.6 Å². The van der Waals surface area contributed by atoms with Crippen LogP contribution in [0.15, 0.2) is 31.0 Å². The first-order valence-electron chi connectivity index (χ1n) is 32.9. The monoisotopic (exact) mass is 1490 g/mol. The lowest BCUT2D eigenvalue weighted by Crippen LogP contribution is -2.51. The number of carbonyl (C=O) groups excluding carboxylic acids is 6. The number of imidazole rings is 5. The molecule has 0 spiro atoms. The molecule has 5 aliphatic rings. The van der Waals surface area contributed by atoms with Gasteiger partial charge in [-0.15, -0.1) is 0 Å². The van der Waals surface area contributed by atoms with Crippen LogP contribution in [0.25, 0.3) is 0 Å². The lowest BCUT2D eigenvalue weighted by Gasteiger charge is -2.29. The number of aromatic amines is 5. The zero-order valence-electron chi connectivity index (χ0n) is 59.0. The minimum Gasteiger partial charge on any atom is -0.480 e. The van der Waals surface area contributed by atoms with Gasteiger partial charge in [0.25, 0.3) is 0 Å². The zero-order valence-corrected chi connectivity index (χ0v) is 62.7. The largest absolute Gasteiger partial charge is 0.480 e. The molecule has 0 bridgehead atoms. The molecule has 5 aliphatic heterocycles. The first kappa shape index (κ1) is 82.4. The minimum atomic E-state index is -1.06. The van der Waals surface area contributed by atoms with Gasteiger partial charge in [0.05, 0.1) is 63.0 Å². The summed E-state index contributed by atoms with van der Waals surface area (Å²) in [7, 11) is 2.47. The van der Waals surface area contributed by atoms with Crippen LogP contribution in [0.4, 0.5) is 24.0 Å². The minimum absolute atomic E-state index is 0.0276. The topological polar surface area (TPSA) is 378 Å². The van der Waals surface area contributed by atoms with Crippen LogP contribution in [0.3, 0.4) is 0 Å². The molecule has 5 fully saturated rings. The molecule has 5 aromatic rings. The van der Waals surface area contributed by atoms with Crippen molar-refractivity contribution in [3.8, 4) is 0 Å². The van der Waals surface area contributed by atoms with E-state index in [1.54, 1.807) is 58.2 Å². The fourth-order valence-corrected chi connectivity index (χ4v) is 11.7. The highest BCUT2D eigenvalue weighted by Gasteiger charge is 2.40. The summed E-state index contributed by atoms with van der Waals surface area (Å²) in [5, 5.41) is 18.8. The number of aromatic nitrogens is 10. The maximum Gasteiger partial charge on any atom is 0.410 e. The van der Waals surface area contributed by atoms with Crippen molar-refractivity contribution in [1.82, 2.24) is 85.4 Å². The van der Waals surface area contributed by atoms with Crippen LogP contribution in [0.1, 0.15) is 214 Å². The van der Waals surface area contributed by atoms with E-state index in [0.717, 1.165) is 88.4 Å². The second-order valence-electron chi connectivity index (χ2n) is 27.4. The number of aliphatic carboxylic acids is 1. The van der Waals surface area contributed by atoms with Crippen molar-refractivity contribution in [3.05, 3.63) is 85.9 Å². The van der Waals surface area contributed by atoms with Crippen molar-refractivity contribution < 1.29 is 62.4 Å². The van der Waals surface area contributed by atoms with Gasteiger partial charge in [-0.05, 0) is 145 Å². The van der Waals surface area contributed by atoms with Crippen LogP contribution in [-0.2, 0) is 33.3 Å². The number of methoxy groups -OCH3 is 2. The van der Waals surface area contributed by atoms with Crippen molar-refractivity contribution in [1.29, 1.82) is 0 Å². The number of H-pyrrole nitrogens is 5. The maximum atomic E-state index is 12.8. The highest BCUT2D eigenvalue weighted by molar-refractivity contribution is 6.40. The van der Waals surface area contributed by atoms with Gasteiger partial charge >= 0.3 is 36.4 Å². The number of carboxylic acids is 1. The molecule has 10 heterocycles. The Kier molecular flexibility index (Phi) is 31.6. The lowest BCUT2D eigenvalue weighted by molar-refractivity contribution is -0.140. The number of ether oxygens (including phenoxy) is 5. The molecule has 0 aliphatic carbocycles. The van der Waals surface area contributed by atoms with Gasteiger partial charge in [-0.2, -0.15) is 0 Å². The third-order valence-corrected chi connectivity index (χ3v) is 16.7. The van der Waals surface area contributed by atoms with Crippen LogP contribution < -0.4 is 16.0 Å². The van der Waals surface area contributed by atoms with Gasteiger partial charge in [-0.3, -0.25) is 19.5 Å². The number of amides is 6. The number of carbonyl (C=O) groups is 7. The summed E-state index contributed by atoms with van der Waals surface area (Å²) in [4.78, 5) is 124. The van der Waals surface area contributed by atoms with Gasteiger partial charge in [0.15, 0.2) is 5.15 Å². The average Bonchev–Trinajstić information content (AvgIpc) is 1.70. The van der Waals surface area contributed by atoms with E-state index >= 15 is 0 Å². The molecular weight excluding hydrogens is 1390 g/mol. The zero-order chi connectivity index (χ0) is 73.7. The van der Waals surface area contributed by atoms with Gasteiger partial charge in [0.1, 0.15) is 78.6 Å². The van der Waals surface area contributed by atoms with Crippen molar-refractivity contribution in [2.24, 2.45) is 11.8 Å². The third kappa shape index (κ3) is 26.3. The Morgan fingerprint density at radius 2 is 0.899 bits per heavy atom. The van der Waals surface area contributed by atoms with E-state index in [0.29, 0.717) is 57.9 Å². The van der Waals surface area contributed by atoms with E-state index in [1.165, 1.54) is 26.8 Å². The Morgan fingerprint density at radius 3 is 1.22 bits per heavy atom. The molecule has 6 amide bonds. The Bertz CT molecular complexity index is 3350. The maximum absolute atomic E-state index is 12.8. The molecule has 9 N–H and O–H groups in total. The summed E-state index contributed by atoms with van der Waals surface area (Å²) in [6, 6.07) is -1.45. The molecule has 0 saturated carbocycles. The number of nitrogens with one attached hydrogen (secondary N) is 8. The van der Waals surface area contributed by atoms with E-state index < -0.39 is 47.0 Å². The number of alkyl carbamates (subject to hydrolysis) is 2. The summed E-state index contributed by atoms with van der Waals surface area (Å²) in [6.07, 6.45) is 15.6. The Labute approximate surface area is 602 Å². The molecule has 0 aromatic carbocycles. The molecule has 0 radical (unpaired) electrons. The second-order valence-corrected chi connectivity index (χ2v) is 29.4. The first-order chi connectivity index (χ1) is 46.4. The molecule has 7 atom stereocenters. The summed E-state index contributed by atoms with van der Waals surface area (Å²) in [6.45, 7) is 27.7. The molecule has 35 heteroatoms. The Balaban J connectivity index is 0.000000217. The van der Waals surface area contributed by atoms with Crippen molar-refractivity contribution >= 4 is 100 Å². The lowest BCUT2D eigenvalue weighted by atomic mass is 10.0. The fraction of sp³-hybridized carbons (Fsp3) is 0.656. The third-order valence-electron chi connectivity index (χ3n) is 15.5. The fourth-order valence-electron chi connectivity index (χ4n) is 11.0. The number of hydrogen-bond donors (Lipinski definition) is 9. The van der Waals surface area contributed by atoms with Crippen LogP contribution >= 0.6 is 58.0 Å². The predicted octanol–water partition coefficient (Wildman–Crippen LogP) is 13.5. The smallest absolute Gasteiger partial charge is 0.410 e. The average molecular weight is 1490 g/mol. The summed E-state index contributed by atoms with van der Waals surface area (Å²) < 4.78 is 25.0. The quantitative estimate of drug-likeness (QED) is 0.0555. The van der Waals surface area contributed by atoms with Crippen LogP contribution in [-0.4, -0.2) is 193 Å². The molecule has 552 valence electrons. The van der Waals surface area contributed by atoms with E-state index in [-0.39, 0.29) is 65.3 Å². The number of likely N-dealkylation sites (tertiary alicyclic amines) is 4. The van der Waals surface area contributed by atoms with E-state index in [2.05, 4.69) is 75.3 Å². The van der Waals surface area contributed by atoms with Gasteiger partial charge < -0.3 is 74.6 Å². The first-order valence-corrected chi connectivity index (χ1v) is 34.7. The molecule has 0 unspecified atom stereocenters. The summed E-state index contributed by atoms with van der Waals surface area (Å²) >= 11 is 29.1. The predicted molar refractivity (Wildman–Crippen MR) is 372 cm³/mol. The Morgan fingerprint density at radius 1 is 0.515 bits per heavy atom. The van der Waals surface area contributed by atoms with Crippen LogP contribution in [0.5, 0.6) is 0 Å². The van der Waals surface area contributed by atoms with Crippen molar-refractivity contribution in [2.75, 3.05) is 46.9 Å². The van der Waals surface area contributed by atoms with Crippen LogP contribution in [0, 0.1) is 11.8 Å². The molecule has 30 nitrogen and oxygen atoms in total. The number of carboxylic acid groups (broad SMARTS) is 1. The molecule has 10 rings (SSSR count). The SMILES string of the molecule is CC(C)(C)OC(=O)N1CCC[C@H]1c1nc(Cl)c(Cl)[nH]1.CC(C)(C)OC(=O)N1CCC[C@H]1c1ncc(Cl)[nH]1.CC(C)(C)OC(=O)N1CCC[C@H]1c1ncc[nH]1.COC(=O)N[C@H](C(=O)N1CCC[C@H]1c1ncc(Cl)[nH]1)C(C)C.COC(=O)N[C@H](C(=O)O)C(C)C.Clc1cnc([C@@H]2CCCN2)[nH]1.